The Bertz CT molecular complexity index is 3360. The number of esters is 1. The number of hydrogen-bond donors (Lipinski definition) is 1. The van der Waals surface area contributed by atoms with Gasteiger partial charge in [0.25, 0.3) is 0 Å². The van der Waals surface area contributed by atoms with Gasteiger partial charge in [-0.3, -0.25) is 28.8 Å². The third kappa shape index (κ3) is 10.5. The summed E-state index contributed by atoms with van der Waals surface area (Å²) in [4.78, 5) is 91.1. The smallest absolute Gasteiger partial charge is 0.313 e. The summed E-state index contributed by atoms with van der Waals surface area (Å²) in [5.41, 5.74) is 7.50. The van der Waals surface area contributed by atoms with Gasteiger partial charge in [-0.2, -0.15) is 10.5 Å². The number of ether oxygens (including phenoxy) is 1. The molecule has 0 aliphatic carbocycles. The van der Waals surface area contributed by atoms with Gasteiger partial charge < -0.3 is 38.6 Å². The summed E-state index contributed by atoms with van der Waals surface area (Å²) in [6.45, 7) is 11.0. The molecule has 18 heteroatoms. The molecule has 18 nitrogen and oxygen atoms in total. The number of methoxy groups -OCH3 is 1. The highest BCUT2D eigenvalue weighted by Crippen LogP contribution is 2.44. The van der Waals surface area contributed by atoms with Gasteiger partial charge in [-0.25, -0.2) is 9.97 Å². The number of carboxylic acids is 1. The van der Waals surface area contributed by atoms with Gasteiger partial charge in [0.15, 0.2) is 0 Å². The molecule has 4 aromatic carbocycles. The molecule has 4 amide bonds. The van der Waals surface area contributed by atoms with Crippen molar-refractivity contribution in [2.45, 2.75) is 77.3 Å². The molecule has 2 atom stereocenters. The second kappa shape index (κ2) is 20.5. The predicted molar refractivity (Wildman–Crippen MR) is 277 cm³/mol. The van der Waals surface area contributed by atoms with Crippen molar-refractivity contribution in [1.82, 2.24) is 19.1 Å². The molecule has 0 unspecified atom stereocenters. The van der Waals surface area contributed by atoms with Crippen molar-refractivity contribution in [2.75, 3.05) is 52.9 Å². The van der Waals surface area contributed by atoms with Crippen molar-refractivity contribution in [2.24, 2.45) is 11.8 Å². The first-order valence-corrected chi connectivity index (χ1v) is 24.7. The molecule has 4 aliphatic rings. The highest BCUT2D eigenvalue weighted by molar-refractivity contribution is 6.07. The number of hydrogen-bond acceptors (Lipinski definition) is 11. The van der Waals surface area contributed by atoms with Gasteiger partial charge in [-0.1, -0.05) is 64.1 Å². The number of rotatable bonds is 12. The summed E-state index contributed by atoms with van der Waals surface area (Å²) in [7, 11) is 1.36. The quantitative estimate of drug-likeness (QED) is 0.133. The van der Waals surface area contributed by atoms with E-state index in [2.05, 4.69) is 61.9 Å². The highest BCUT2D eigenvalue weighted by atomic mass is 16.5. The molecule has 6 heterocycles. The van der Waals surface area contributed by atoms with E-state index in [0.29, 0.717) is 66.9 Å². The molecule has 10 rings (SSSR count). The van der Waals surface area contributed by atoms with Crippen LogP contribution in [0.3, 0.4) is 0 Å². The Kier molecular flexibility index (Phi) is 14.0. The minimum atomic E-state index is -0.932. The van der Waals surface area contributed by atoms with Crippen LogP contribution < -0.4 is 19.6 Å². The van der Waals surface area contributed by atoms with E-state index in [1.807, 2.05) is 44.5 Å². The van der Waals surface area contributed by atoms with Gasteiger partial charge in [0.05, 0.1) is 42.2 Å². The monoisotopic (exact) mass is 1010 g/mol. The summed E-state index contributed by atoms with van der Waals surface area (Å²) in [6, 6.07) is 30.0. The summed E-state index contributed by atoms with van der Waals surface area (Å²) < 4.78 is 8.52. The van der Waals surface area contributed by atoms with Crippen molar-refractivity contribution in [1.29, 1.82) is 10.5 Å². The molecule has 0 radical (unpaired) electrons. The molecule has 382 valence electrons. The zero-order valence-corrected chi connectivity index (χ0v) is 42.4. The average Bonchev–Trinajstić information content (AvgIpc) is 4.28. The molecule has 75 heavy (non-hydrogen) atoms. The van der Waals surface area contributed by atoms with Crippen molar-refractivity contribution in [3.05, 3.63) is 155 Å². The second-order valence-corrected chi connectivity index (χ2v) is 20.7. The second-order valence-electron chi connectivity index (χ2n) is 20.7. The number of imidazole rings is 2. The molecular formula is C57H56N10O8. The lowest BCUT2D eigenvalue weighted by Gasteiger charge is -2.23. The van der Waals surface area contributed by atoms with E-state index in [0.717, 1.165) is 33.6 Å². The fourth-order valence-corrected chi connectivity index (χ4v) is 10.6. The number of carboxylic acid groups (broad SMARTS) is 1. The first kappa shape index (κ1) is 51.0. The molecular weight excluding hydrogens is 953 g/mol. The predicted octanol–water partition coefficient (Wildman–Crippen LogP) is 6.30. The highest BCUT2D eigenvalue weighted by Gasteiger charge is 2.45. The number of nitriles is 2. The fraction of sp³-hybridized carbons (Fsp3) is 0.333. The van der Waals surface area contributed by atoms with E-state index in [4.69, 9.17) is 9.84 Å². The van der Waals surface area contributed by atoms with Crippen molar-refractivity contribution < 1.29 is 38.6 Å². The Labute approximate surface area is 434 Å². The Morgan fingerprint density at radius 3 is 1.51 bits per heavy atom. The number of aromatic nitrogens is 4. The molecule has 2 saturated heterocycles. The van der Waals surface area contributed by atoms with E-state index in [1.165, 1.54) is 7.11 Å². The Morgan fingerprint density at radius 1 is 0.653 bits per heavy atom. The Morgan fingerprint density at radius 2 is 1.09 bits per heavy atom. The van der Waals surface area contributed by atoms with E-state index < -0.39 is 17.8 Å². The summed E-state index contributed by atoms with van der Waals surface area (Å²) >= 11 is 0. The molecule has 4 aliphatic heterocycles. The molecule has 1 N–H and O–H groups in total. The number of anilines is 4. The van der Waals surface area contributed by atoms with Gasteiger partial charge in [-0.15, -0.1) is 0 Å². The first-order chi connectivity index (χ1) is 35.9. The molecule has 0 bridgehead atoms. The third-order valence-electron chi connectivity index (χ3n) is 14.5. The zero-order valence-electron chi connectivity index (χ0n) is 42.4. The number of amides is 4. The van der Waals surface area contributed by atoms with Gasteiger partial charge >= 0.3 is 11.9 Å². The van der Waals surface area contributed by atoms with Crippen molar-refractivity contribution in [3.63, 3.8) is 0 Å². The maximum Gasteiger partial charge on any atom is 0.313 e. The summed E-state index contributed by atoms with van der Waals surface area (Å²) in [6.07, 6.45) is 7.08. The molecule has 0 saturated carbocycles. The van der Waals surface area contributed by atoms with Gasteiger partial charge in [0.2, 0.25) is 23.6 Å². The number of benzene rings is 4. The number of fused-ring (bicyclic) bond motifs is 2. The minimum Gasteiger partial charge on any atom is -0.481 e. The van der Waals surface area contributed by atoms with Crippen LogP contribution in [0.2, 0.25) is 0 Å². The van der Waals surface area contributed by atoms with Crippen LogP contribution >= 0.6 is 0 Å². The maximum atomic E-state index is 13.7. The van der Waals surface area contributed by atoms with Crippen LogP contribution in [0.4, 0.5) is 22.7 Å². The van der Waals surface area contributed by atoms with Crippen LogP contribution in [0.25, 0.3) is 0 Å². The Balaban J connectivity index is 0.000000184. The van der Waals surface area contributed by atoms with Gasteiger partial charge in [0.1, 0.15) is 24.5 Å². The molecule has 2 fully saturated rings. The maximum absolute atomic E-state index is 13.7. The van der Waals surface area contributed by atoms with E-state index in [-0.39, 0.29) is 72.7 Å². The first-order valence-electron chi connectivity index (χ1n) is 24.7. The SMILES string of the molecule is CC1(C)CN(C(=O)[C@H]2CC(=O)N(c3cccc(C#N)c3)C2)c2ccc(Cn3ccnc3CC(=O)O)cc21.COC(=O)Cc1nccn1Cc1ccc2c(c1)C(C)(C)CN2C(=O)[C@H]1CC(=O)N(c2cccc(C#N)c2)C1. The fourth-order valence-electron chi connectivity index (χ4n) is 10.6. The largest absolute Gasteiger partial charge is 0.481 e. The van der Waals surface area contributed by atoms with Crippen molar-refractivity contribution in [3.8, 4) is 12.1 Å². The lowest BCUT2D eigenvalue weighted by Crippen LogP contribution is -2.39. The van der Waals surface area contributed by atoms with E-state index in [1.54, 1.807) is 81.8 Å². The number of aliphatic carboxylic acids is 1. The number of carbonyl (C=O) groups excluding carboxylic acids is 5. The van der Waals surface area contributed by atoms with Crippen LogP contribution in [0.15, 0.2) is 110 Å². The molecule has 2 aromatic heterocycles. The van der Waals surface area contributed by atoms with Crippen LogP contribution in [0.1, 0.15) is 85.6 Å². The lowest BCUT2D eigenvalue weighted by molar-refractivity contribution is -0.140. The average molecular weight is 1010 g/mol. The topological polar surface area (TPSA) is 228 Å². The van der Waals surface area contributed by atoms with Crippen LogP contribution in [-0.4, -0.2) is 93.1 Å². The van der Waals surface area contributed by atoms with Crippen molar-refractivity contribution >= 4 is 58.3 Å². The van der Waals surface area contributed by atoms with E-state index in [9.17, 15) is 39.3 Å². The minimum absolute atomic E-state index is 0.0631. The zero-order chi connectivity index (χ0) is 53.3. The number of nitrogens with zero attached hydrogens (tertiary/aromatic N) is 10. The van der Waals surface area contributed by atoms with Crippen LogP contribution in [-0.2, 0) is 70.3 Å². The third-order valence-corrected chi connectivity index (χ3v) is 14.5. The standard InChI is InChI=1S/C29H29N5O4.C28H27N5O4/c1-29(2)18-34(28(37)21-13-26(35)33(17-21)22-6-4-5-19(11-22)15-30)24-8-7-20(12-23(24)29)16-32-10-9-31-25(32)14-27(36)38-3;1-28(2)17-33(27(37)20-12-25(34)32(16-20)21-5-3-4-18(10-21)14-29)23-7-6-19(11-22(23)28)15-31-9-8-30-24(31)13-26(35)36/h4-12,21H,13-14,16-18H2,1-3H3;3-11,20H,12-13,15-17H2,1-2H3,(H,35,36)/t21-;20-/m00/s1. The molecule has 0 spiro atoms. The van der Waals surface area contributed by atoms with Crippen LogP contribution in [0.5, 0.6) is 0 Å². The van der Waals surface area contributed by atoms with Crippen LogP contribution in [0, 0.1) is 34.5 Å². The lowest BCUT2D eigenvalue weighted by atomic mass is 9.86. The summed E-state index contributed by atoms with van der Waals surface area (Å²) in [5, 5.41) is 27.5. The number of carbonyl (C=O) groups is 6. The molecule has 6 aromatic rings. The van der Waals surface area contributed by atoms with E-state index >= 15 is 0 Å². The normalized spacial score (nSPS) is 18.0. The summed E-state index contributed by atoms with van der Waals surface area (Å²) in [5.74, 6) is -1.47. The Hall–Kier alpha value is -8.90. The van der Waals surface area contributed by atoms with Gasteiger partial charge in [-0.05, 0) is 70.8 Å². The van der Waals surface area contributed by atoms with Gasteiger partial charge in [0, 0.05) is 110 Å².